The minimum Gasteiger partial charge on any atom is -0.495 e. The smallest absolute Gasteiger partial charge is 0.257 e. The average molecular weight is 420 g/mol. The fraction of sp³-hybridized carbons (Fsp3) is 0.118. The molecular weight excluding hydrogens is 406 g/mol. The van der Waals surface area contributed by atoms with Gasteiger partial charge in [-0.25, -0.2) is 0 Å². The van der Waals surface area contributed by atoms with Crippen LogP contribution in [0.4, 0.5) is 5.13 Å². The first kappa shape index (κ1) is 17.4. The number of carbonyl (C=O) groups excluding carboxylic acids is 1. The van der Waals surface area contributed by atoms with Crippen LogP contribution in [0.15, 0.2) is 46.9 Å². The maximum absolute atomic E-state index is 12.5. The maximum atomic E-state index is 12.5. The molecule has 0 atom stereocenters. The van der Waals surface area contributed by atoms with Crippen LogP contribution >= 0.6 is 27.3 Å². The normalized spacial score (nSPS) is 10.4. The van der Waals surface area contributed by atoms with E-state index in [1.807, 2.05) is 30.3 Å². The van der Waals surface area contributed by atoms with Crippen LogP contribution in [0.1, 0.15) is 10.4 Å². The molecule has 0 bridgehead atoms. The SMILES string of the molecule is COc1cc(C(=O)Nc2nnc(-c3ccccc3)s2)cc(OC)c1Br. The summed E-state index contributed by atoms with van der Waals surface area (Å²) in [4.78, 5) is 12.5. The molecule has 1 aromatic heterocycles. The third-order valence-electron chi connectivity index (χ3n) is 3.37. The number of halogens is 1. The lowest BCUT2D eigenvalue weighted by atomic mass is 10.2. The van der Waals surface area contributed by atoms with E-state index in [9.17, 15) is 4.79 Å². The van der Waals surface area contributed by atoms with Crippen LogP contribution in [0.5, 0.6) is 11.5 Å². The van der Waals surface area contributed by atoms with E-state index in [0.29, 0.717) is 26.7 Å². The Bertz CT molecular complexity index is 874. The summed E-state index contributed by atoms with van der Waals surface area (Å²) in [5.41, 5.74) is 1.35. The predicted molar refractivity (Wildman–Crippen MR) is 101 cm³/mol. The number of ether oxygens (including phenoxy) is 2. The summed E-state index contributed by atoms with van der Waals surface area (Å²) in [6, 6.07) is 12.9. The van der Waals surface area contributed by atoms with E-state index in [1.54, 1.807) is 12.1 Å². The Labute approximate surface area is 156 Å². The number of anilines is 1. The highest BCUT2D eigenvalue weighted by atomic mass is 79.9. The lowest BCUT2D eigenvalue weighted by Gasteiger charge is -2.10. The van der Waals surface area contributed by atoms with Crippen molar-refractivity contribution < 1.29 is 14.3 Å². The molecule has 128 valence electrons. The van der Waals surface area contributed by atoms with Gasteiger partial charge >= 0.3 is 0 Å². The molecule has 0 radical (unpaired) electrons. The van der Waals surface area contributed by atoms with E-state index in [1.165, 1.54) is 25.6 Å². The summed E-state index contributed by atoms with van der Waals surface area (Å²) in [6.07, 6.45) is 0. The quantitative estimate of drug-likeness (QED) is 0.669. The van der Waals surface area contributed by atoms with Crippen LogP contribution in [0.25, 0.3) is 10.6 Å². The molecule has 0 fully saturated rings. The van der Waals surface area contributed by atoms with E-state index >= 15 is 0 Å². The van der Waals surface area contributed by atoms with Crippen molar-refractivity contribution in [1.82, 2.24) is 10.2 Å². The van der Waals surface area contributed by atoms with Gasteiger partial charge in [0.1, 0.15) is 21.0 Å². The third-order valence-corrected chi connectivity index (χ3v) is 5.04. The second-order valence-corrected chi connectivity index (χ2v) is 6.70. The monoisotopic (exact) mass is 419 g/mol. The molecule has 1 N–H and O–H groups in total. The van der Waals surface area contributed by atoms with Crippen molar-refractivity contribution in [3.8, 4) is 22.1 Å². The number of hydrogen-bond acceptors (Lipinski definition) is 6. The largest absolute Gasteiger partial charge is 0.495 e. The van der Waals surface area contributed by atoms with Crippen LogP contribution in [0.2, 0.25) is 0 Å². The van der Waals surface area contributed by atoms with Gasteiger partial charge in [0.15, 0.2) is 0 Å². The summed E-state index contributed by atoms with van der Waals surface area (Å²) >= 11 is 4.69. The molecule has 1 heterocycles. The Morgan fingerprint density at radius 3 is 2.32 bits per heavy atom. The molecule has 0 aliphatic rings. The van der Waals surface area contributed by atoms with E-state index in [2.05, 4.69) is 31.4 Å². The molecule has 0 aliphatic heterocycles. The molecule has 25 heavy (non-hydrogen) atoms. The zero-order chi connectivity index (χ0) is 17.8. The van der Waals surface area contributed by atoms with Gasteiger partial charge in [0.2, 0.25) is 5.13 Å². The standard InChI is InChI=1S/C17H14BrN3O3S/c1-23-12-8-11(9-13(24-2)14(12)18)15(22)19-17-21-20-16(25-17)10-6-4-3-5-7-10/h3-9H,1-2H3,(H,19,21,22). The van der Waals surface area contributed by atoms with Crippen molar-refractivity contribution in [2.75, 3.05) is 19.5 Å². The third kappa shape index (κ3) is 3.80. The van der Waals surface area contributed by atoms with Crippen molar-refractivity contribution in [3.05, 3.63) is 52.5 Å². The summed E-state index contributed by atoms with van der Waals surface area (Å²) in [5.74, 6) is 0.693. The van der Waals surface area contributed by atoms with E-state index in [-0.39, 0.29) is 5.91 Å². The first-order chi connectivity index (χ1) is 12.1. The van der Waals surface area contributed by atoms with Crippen molar-refractivity contribution in [1.29, 1.82) is 0 Å². The molecule has 0 spiro atoms. The number of amides is 1. The van der Waals surface area contributed by atoms with Gasteiger partial charge in [-0.15, -0.1) is 10.2 Å². The molecule has 6 nitrogen and oxygen atoms in total. The number of nitrogens with zero attached hydrogens (tertiary/aromatic N) is 2. The minimum absolute atomic E-state index is 0.320. The number of hydrogen-bond donors (Lipinski definition) is 1. The molecule has 1 amide bonds. The summed E-state index contributed by atoms with van der Waals surface area (Å²) < 4.78 is 11.2. The summed E-state index contributed by atoms with van der Waals surface area (Å²) in [6.45, 7) is 0. The Balaban J connectivity index is 1.82. The number of methoxy groups -OCH3 is 2. The fourth-order valence-electron chi connectivity index (χ4n) is 2.14. The average Bonchev–Trinajstić information content (AvgIpc) is 3.11. The molecule has 0 aliphatic carbocycles. The lowest BCUT2D eigenvalue weighted by Crippen LogP contribution is -2.12. The molecule has 0 saturated heterocycles. The first-order valence-corrected chi connectivity index (χ1v) is 8.85. The molecule has 3 rings (SSSR count). The predicted octanol–water partition coefficient (Wildman–Crippen LogP) is 4.24. The van der Waals surface area contributed by atoms with Gasteiger partial charge in [-0.05, 0) is 28.1 Å². The van der Waals surface area contributed by atoms with Crippen LogP contribution in [0, 0.1) is 0 Å². The van der Waals surface area contributed by atoms with Crippen LogP contribution in [-0.2, 0) is 0 Å². The topological polar surface area (TPSA) is 73.3 Å². The Morgan fingerprint density at radius 1 is 1.08 bits per heavy atom. The van der Waals surface area contributed by atoms with Gasteiger partial charge in [-0.2, -0.15) is 0 Å². The van der Waals surface area contributed by atoms with Crippen molar-refractivity contribution in [2.45, 2.75) is 0 Å². The van der Waals surface area contributed by atoms with Crippen molar-refractivity contribution in [2.24, 2.45) is 0 Å². The number of carbonyl (C=O) groups is 1. The minimum atomic E-state index is -0.320. The first-order valence-electron chi connectivity index (χ1n) is 7.24. The molecule has 0 saturated carbocycles. The zero-order valence-corrected chi connectivity index (χ0v) is 15.8. The number of benzene rings is 2. The second-order valence-electron chi connectivity index (χ2n) is 4.93. The lowest BCUT2D eigenvalue weighted by molar-refractivity contribution is 0.102. The number of aromatic nitrogens is 2. The van der Waals surface area contributed by atoms with Crippen LogP contribution in [0.3, 0.4) is 0 Å². The molecule has 8 heteroatoms. The van der Waals surface area contributed by atoms with E-state index in [0.717, 1.165) is 10.6 Å². The highest BCUT2D eigenvalue weighted by molar-refractivity contribution is 9.10. The molecule has 0 unspecified atom stereocenters. The molecule has 2 aromatic carbocycles. The van der Waals surface area contributed by atoms with E-state index < -0.39 is 0 Å². The van der Waals surface area contributed by atoms with Gasteiger partial charge in [0.05, 0.1) is 14.2 Å². The Hall–Kier alpha value is -2.45. The number of nitrogens with one attached hydrogen (secondary N) is 1. The van der Waals surface area contributed by atoms with Gasteiger partial charge in [0, 0.05) is 11.1 Å². The summed E-state index contributed by atoms with van der Waals surface area (Å²) in [7, 11) is 3.05. The molecular formula is C17H14BrN3O3S. The van der Waals surface area contributed by atoms with E-state index in [4.69, 9.17) is 9.47 Å². The maximum Gasteiger partial charge on any atom is 0.257 e. The molecule has 3 aromatic rings. The van der Waals surface area contributed by atoms with Gasteiger partial charge in [-0.3, -0.25) is 10.1 Å². The Morgan fingerprint density at radius 2 is 1.72 bits per heavy atom. The highest BCUT2D eigenvalue weighted by Crippen LogP contribution is 2.36. The van der Waals surface area contributed by atoms with Crippen LogP contribution < -0.4 is 14.8 Å². The van der Waals surface area contributed by atoms with Crippen molar-refractivity contribution in [3.63, 3.8) is 0 Å². The Kier molecular flexibility index (Phi) is 5.30. The highest BCUT2D eigenvalue weighted by Gasteiger charge is 2.16. The van der Waals surface area contributed by atoms with Gasteiger partial charge in [0.25, 0.3) is 5.91 Å². The second kappa shape index (κ2) is 7.62. The van der Waals surface area contributed by atoms with Gasteiger partial charge in [-0.1, -0.05) is 41.7 Å². The van der Waals surface area contributed by atoms with Gasteiger partial charge < -0.3 is 9.47 Å². The fourth-order valence-corrected chi connectivity index (χ4v) is 3.44. The zero-order valence-electron chi connectivity index (χ0n) is 13.4. The number of rotatable bonds is 5. The van der Waals surface area contributed by atoms with Crippen LogP contribution in [-0.4, -0.2) is 30.3 Å². The summed E-state index contributed by atoms with van der Waals surface area (Å²) in [5, 5.41) is 12.0. The van der Waals surface area contributed by atoms with Crippen molar-refractivity contribution >= 4 is 38.3 Å².